The maximum absolute atomic E-state index is 12.9. The molecule has 2 fully saturated rings. The van der Waals surface area contributed by atoms with Gasteiger partial charge in [0, 0.05) is 30.3 Å². The summed E-state index contributed by atoms with van der Waals surface area (Å²) in [5.74, 6) is -0.704. The van der Waals surface area contributed by atoms with E-state index in [9.17, 15) is 24.5 Å². The number of hydrogen-bond acceptors (Lipinski definition) is 7. The molecule has 3 atom stereocenters. The van der Waals surface area contributed by atoms with Gasteiger partial charge in [0.2, 0.25) is 11.8 Å². The van der Waals surface area contributed by atoms with Crippen molar-refractivity contribution in [1.29, 1.82) is 0 Å². The predicted octanol–water partition coefficient (Wildman–Crippen LogP) is 2.51. The Labute approximate surface area is 204 Å². The number of fused-ring (bicyclic) bond motifs is 1. The SMILES string of the molecule is O=C(Cc1ccccc1)NC1C(=O)N2CC(CCl)(C(=O)OCc3ccc([N+](=O)[O-])cc3)CS[C@H]12. The third-order valence-electron chi connectivity index (χ3n) is 5.87. The minimum Gasteiger partial charge on any atom is -0.460 e. The van der Waals surface area contributed by atoms with E-state index < -0.39 is 22.3 Å². The van der Waals surface area contributed by atoms with E-state index in [1.807, 2.05) is 30.3 Å². The molecule has 2 saturated heterocycles. The average Bonchev–Trinajstić information content (AvgIpc) is 2.86. The molecule has 0 saturated carbocycles. The number of β-lactam (4-membered cyclic amide) rings is 1. The van der Waals surface area contributed by atoms with Gasteiger partial charge in [0.15, 0.2) is 0 Å². The van der Waals surface area contributed by atoms with Crippen molar-refractivity contribution >= 4 is 46.8 Å². The number of ether oxygens (including phenoxy) is 1. The average molecular weight is 504 g/mol. The molecule has 4 rings (SSSR count). The summed E-state index contributed by atoms with van der Waals surface area (Å²) in [6.07, 6.45) is 0.183. The highest BCUT2D eigenvalue weighted by atomic mass is 35.5. The molecule has 178 valence electrons. The van der Waals surface area contributed by atoms with Crippen molar-refractivity contribution in [2.45, 2.75) is 24.4 Å². The minimum atomic E-state index is -1.07. The molecule has 1 N–H and O–H groups in total. The summed E-state index contributed by atoms with van der Waals surface area (Å²) in [6.45, 7) is 0.0484. The lowest BCUT2D eigenvalue weighted by Gasteiger charge is -2.53. The van der Waals surface area contributed by atoms with E-state index in [1.54, 1.807) is 4.90 Å². The molecular formula is C23H22ClN3O6S. The summed E-state index contributed by atoms with van der Waals surface area (Å²) in [5.41, 5.74) is 0.338. The normalized spacial score (nSPS) is 23.4. The van der Waals surface area contributed by atoms with E-state index in [0.29, 0.717) is 11.3 Å². The Morgan fingerprint density at radius 3 is 2.53 bits per heavy atom. The number of nitro benzene ring substituents is 1. The third kappa shape index (κ3) is 4.88. The van der Waals surface area contributed by atoms with Crippen LogP contribution in [0.1, 0.15) is 11.1 Å². The van der Waals surface area contributed by atoms with Gasteiger partial charge >= 0.3 is 5.97 Å². The van der Waals surface area contributed by atoms with Crippen molar-refractivity contribution in [1.82, 2.24) is 10.2 Å². The second-order valence-corrected chi connectivity index (χ2v) is 9.66. The summed E-state index contributed by atoms with van der Waals surface area (Å²) < 4.78 is 5.45. The summed E-state index contributed by atoms with van der Waals surface area (Å²) in [5, 5.41) is 13.3. The van der Waals surface area contributed by atoms with Crippen molar-refractivity contribution in [3.63, 3.8) is 0 Å². The zero-order valence-corrected chi connectivity index (χ0v) is 19.6. The first-order chi connectivity index (χ1) is 16.3. The third-order valence-corrected chi connectivity index (χ3v) is 7.97. The Balaban J connectivity index is 1.32. The fraction of sp³-hybridized carbons (Fsp3) is 0.348. The zero-order chi connectivity index (χ0) is 24.3. The minimum absolute atomic E-state index is 0.0272. The van der Waals surface area contributed by atoms with E-state index in [4.69, 9.17) is 16.3 Å². The lowest BCUT2D eigenvalue weighted by Crippen LogP contribution is -2.74. The number of esters is 1. The molecule has 34 heavy (non-hydrogen) atoms. The fourth-order valence-corrected chi connectivity index (χ4v) is 5.84. The molecule has 11 heteroatoms. The molecule has 2 unspecified atom stereocenters. The highest BCUT2D eigenvalue weighted by Crippen LogP contribution is 2.43. The van der Waals surface area contributed by atoms with Crippen LogP contribution in [-0.2, 0) is 32.1 Å². The van der Waals surface area contributed by atoms with Crippen LogP contribution in [0, 0.1) is 15.5 Å². The molecule has 0 radical (unpaired) electrons. The van der Waals surface area contributed by atoms with E-state index in [1.165, 1.54) is 36.0 Å². The number of nitrogens with zero attached hydrogens (tertiary/aromatic N) is 2. The van der Waals surface area contributed by atoms with Crippen LogP contribution in [0.15, 0.2) is 54.6 Å². The monoisotopic (exact) mass is 503 g/mol. The van der Waals surface area contributed by atoms with Crippen LogP contribution in [0.5, 0.6) is 0 Å². The first kappa shape index (κ1) is 24.0. The van der Waals surface area contributed by atoms with Gasteiger partial charge in [-0.1, -0.05) is 30.3 Å². The highest BCUT2D eigenvalue weighted by Gasteiger charge is 2.57. The molecule has 2 heterocycles. The molecule has 0 spiro atoms. The van der Waals surface area contributed by atoms with Gasteiger partial charge < -0.3 is 15.0 Å². The van der Waals surface area contributed by atoms with Crippen LogP contribution < -0.4 is 5.32 Å². The largest absolute Gasteiger partial charge is 0.460 e. The molecule has 0 aromatic heterocycles. The molecule has 9 nitrogen and oxygen atoms in total. The molecule has 2 aromatic rings. The number of nitrogens with one attached hydrogen (secondary N) is 1. The molecule has 2 aliphatic rings. The Morgan fingerprint density at radius 2 is 1.88 bits per heavy atom. The van der Waals surface area contributed by atoms with Crippen molar-refractivity contribution < 1.29 is 24.0 Å². The van der Waals surface area contributed by atoms with Crippen molar-refractivity contribution in [2.75, 3.05) is 18.2 Å². The summed E-state index contributed by atoms with van der Waals surface area (Å²) >= 11 is 7.56. The van der Waals surface area contributed by atoms with Gasteiger partial charge in [-0.05, 0) is 23.3 Å². The molecule has 2 aliphatic heterocycles. The van der Waals surface area contributed by atoms with Crippen LogP contribution in [-0.4, -0.2) is 57.2 Å². The number of non-ortho nitro benzene ring substituents is 1. The van der Waals surface area contributed by atoms with Gasteiger partial charge in [-0.25, -0.2) is 0 Å². The number of rotatable bonds is 8. The van der Waals surface area contributed by atoms with Crippen molar-refractivity contribution in [2.24, 2.45) is 5.41 Å². The Hall–Kier alpha value is -3.11. The molecule has 2 aromatic carbocycles. The van der Waals surface area contributed by atoms with Gasteiger partial charge in [0.05, 0.1) is 11.3 Å². The van der Waals surface area contributed by atoms with Crippen LogP contribution in [0.3, 0.4) is 0 Å². The Bertz CT molecular complexity index is 1100. The molecule has 0 bridgehead atoms. The summed E-state index contributed by atoms with van der Waals surface area (Å²) in [4.78, 5) is 49.8. The first-order valence-corrected chi connectivity index (χ1v) is 12.1. The molecule has 0 aliphatic carbocycles. The Kier molecular flexibility index (Phi) is 7.08. The van der Waals surface area contributed by atoms with Crippen LogP contribution in [0.25, 0.3) is 0 Å². The number of amides is 2. The van der Waals surface area contributed by atoms with Crippen molar-refractivity contribution in [3.8, 4) is 0 Å². The van der Waals surface area contributed by atoms with E-state index in [0.717, 1.165) is 5.56 Å². The van der Waals surface area contributed by atoms with E-state index >= 15 is 0 Å². The number of thioether (sulfide) groups is 1. The maximum Gasteiger partial charge on any atom is 0.316 e. The van der Waals surface area contributed by atoms with Gasteiger partial charge in [0.1, 0.15) is 23.4 Å². The second kappa shape index (κ2) is 10.0. The highest BCUT2D eigenvalue weighted by molar-refractivity contribution is 8.00. The molecular weight excluding hydrogens is 482 g/mol. The van der Waals surface area contributed by atoms with Crippen molar-refractivity contribution in [3.05, 3.63) is 75.8 Å². The quantitative estimate of drug-likeness (QED) is 0.193. The van der Waals surface area contributed by atoms with E-state index in [2.05, 4.69) is 5.32 Å². The van der Waals surface area contributed by atoms with Gasteiger partial charge in [-0.2, -0.15) is 0 Å². The fourth-order valence-electron chi connectivity index (χ4n) is 3.91. The lowest BCUT2D eigenvalue weighted by atomic mass is 9.89. The summed E-state index contributed by atoms with van der Waals surface area (Å²) in [6, 6.07) is 14.3. The van der Waals surface area contributed by atoms with Crippen LogP contribution in [0.2, 0.25) is 0 Å². The zero-order valence-electron chi connectivity index (χ0n) is 18.0. The standard InChI is InChI=1S/C23H22ClN3O6S/c24-12-23(22(30)33-11-16-6-8-17(9-7-16)27(31)32)13-26-20(29)19(21(26)34-14-23)25-18(28)10-15-4-2-1-3-5-15/h1-9,19,21H,10-14H2,(H,25,28)/t19?,21-,23?/m1/s1. The van der Waals surface area contributed by atoms with Gasteiger partial charge in [0.25, 0.3) is 5.69 Å². The molecule has 2 amide bonds. The van der Waals surface area contributed by atoms with Crippen LogP contribution >= 0.6 is 23.4 Å². The number of alkyl halides is 1. The summed E-state index contributed by atoms with van der Waals surface area (Å²) in [7, 11) is 0. The lowest BCUT2D eigenvalue weighted by molar-refractivity contribution is -0.384. The second-order valence-electron chi connectivity index (χ2n) is 8.29. The number of carbonyl (C=O) groups is 3. The number of hydrogen-bond donors (Lipinski definition) is 1. The maximum atomic E-state index is 12.9. The first-order valence-electron chi connectivity index (χ1n) is 10.5. The predicted molar refractivity (Wildman–Crippen MR) is 126 cm³/mol. The Morgan fingerprint density at radius 1 is 1.18 bits per heavy atom. The number of nitro groups is 1. The topological polar surface area (TPSA) is 119 Å². The smallest absolute Gasteiger partial charge is 0.316 e. The number of halogens is 1. The number of carbonyl (C=O) groups excluding carboxylic acids is 3. The van der Waals surface area contributed by atoms with Crippen LogP contribution in [0.4, 0.5) is 5.69 Å². The number of benzene rings is 2. The van der Waals surface area contributed by atoms with E-state index in [-0.39, 0.29) is 48.3 Å². The van der Waals surface area contributed by atoms with Gasteiger partial charge in [-0.15, -0.1) is 23.4 Å². The van der Waals surface area contributed by atoms with Gasteiger partial charge in [-0.3, -0.25) is 24.5 Å².